The largest absolute Gasteiger partial charge is 0.493 e. The molecule has 1 amide bonds. The number of aryl methyl sites for hydroxylation is 1. The first-order valence-electron chi connectivity index (χ1n) is 10.2. The maximum atomic E-state index is 12.6. The molecule has 33 heavy (non-hydrogen) atoms. The van der Waals surface area contributed by atoms with Crippen LogP contribution in [-0.2, 0) is 13.3 Å². The molecular formula is C23H24N6O4. The minimum atomic E-state index is -0.419. The quantitative estimate of drug-likeness (QED) is 0.419. The van der Waals surface area contributed by atoms with Crippen molar-refractivity contribution in [3.05, 3.63) is 77.9 Å². The Morgan fingerprint density at radius 1 is 0.970 bits per heavy atom. The summed E-state index contributed by atoms with van der Waals surface area (Å²) in [7, 11) is 3.10. The van der Waals surface area contributed by atoms with Gasteiger partial charge < -0.3 is 14.2 Å². The number of para-hydroxylation sites is 1. The molecular weight excluding hydrogens is 424 g/mol. The lowest BCUT2D eigenvalue weighted by Crippen LogP contribution is -2.15. The van der Waals surface area contributed by atoms with E-state index in [9.17, 15) is 4.79 Å². The highest BCUT2D eigenvalue weighted by molar-refractivity contribution is 6.01. The van der Waals surface area contributed by atoms with E-state index in [1.807, 2.05) is 31.2 Å². The molecule has 0 aliphatic heterocycles. The summed E-state index contributed by atoms with van der Waals surface area (Å²) in [5, 5.41) is 11.2. The van der Waals surface area contributed by atoms with Crippen LogP contribution in [0.15, 0.2) is 61.1 Å². The van der Waals surface area contributed by atoms with Gasteiger partial charge in [0.1, 0.15) is 6.33 Å². The molecule has 0 atom stereocenters. The number of hydrogen-bond donors (Lipinski definition) is 1. The van der Waals surface area contributed by atoms with Gasteiger partial charge in [-0.15, -0.1) is 5.10 Å². The van der Waals surface area contributed by atoms with E-state index in [2.05, 4.69) is 20.5 Å². The third-order valence-corrected chi connectivity index (χ3v) is 4.95. The van der Waals surface area contributed by atoms with Crippen LogP contribution in [0.1, 0.15) is 21.6 Å². The van der Waals surface area contributed by atoms with Gasteiger partial charge in [0.25, 0.3) is 5.91 Å². The molecule has 0 fully saturated rings. The zero-order valence-electron chi connectivity index (χ0n) is 18.6. The van der Waals surface area contributed by atoms with Crippen LogP contribution < -0.4 is 19.5 Å². The van der Waals surface area contributed by atoms with Crippen molar-refractivity contribution in [3.8, 4) is 17.2 Å². The van der Waals surface area contributed by atoms with Gasteiger partial charge in [0.15, 0.2) is 23.9 Å². The first-order valence-corrected chi connectivity index (χ1v) is 10.2. The second kappa shape index (κ2) is 9.86. The van der Waals surface area contributed by atoms with E-state index in [1.165, 1.54) is 4.68 Å². The Kier molecular flexibility index (Phi) is 6.53. The second-order valence-electron chi connectivity index (χ2n) is 7.15. The number of methoxy groups -OCH3 is 2. The summed E-state index contributed by atoms with van der Waals surface area (Å²) in [6.07, 6.45) is 3.22. The van der Waals surface area contributed by atoms with Crippen molar-refractivity contribution in [1.82, 2.24) is 24.5 Å². The van der Waals surface area contributed by atoms with Crippen LogP contribution in [0.5, 0.6) is 17.2 Å². The Morgan fingerprint density at radius 3 is 2.45 bits per heavy atom. The van der Waals surface area contributed by atoms with Crippen molar-refractivity contribution >= 4 is 11.9 Å². The lowest BCUT2D eigenvalue weighted by molar-refractivity contribution is 0.101. The molecule has 0 spiro atoms. The molecule has 1 N–H and O–H groups in total. The minimum absolute atomic E-state index is 0.0628. The summed E-state index contributed by atoms with van der Waals surface area (Å²) < 4.78 is 19.6. The van der Waals surface area contributed by atoms with Crippen LogP contribution >= 0.6 is 0 Å². The first kappa shape index (κ1) is 21.9. The monoisotopic (exact) mass is 448 g/mol. The molecule has 2 aromatic heterocycles. The Morgan fingerprint density at radius 2 is 1.73 bits per heavy atom. The van der Waals surface area contributed by atoms with Gasteiger partial charge in [0.05, 0.1) is 20.8 Å². The number of amides is 1. The number of nitrogens with one attached hydrogen (secondary N) is 1. The van der Waals surface area contributed by atoms with E-state index in [0.29, 0.717) is 23.8 Å². The summed E-state index contributed by atoms with van der Waals surface area (Å²) in [5.74, 6) is 1.31. The number of nitrogens with zero attached hydrogens (tertiary/aromatic N) is 5. The molecule has 0 radical (unpaired) electrons. The van der Waals surface area contributed by atoms with Gasteiger partial charge in [0.2, 0.25) is 11.7 Å². The van der Waals surface area contributed by atoms with Crippen molar-refractivity contribution in [2.24, 2.45) is 0 Å². The number of aromatic nitrogens is 5. The standard InChI is InChI=1S/C23H24N6O4/c1-16-7-4-5-8-17(16)13-29-14-24-23(27-29)25-22(30)18-11-12-28(26-18)15-33-21-19(31-2)9-6-10-20(21)32-3/h4-12,14H,13,15H2,1-3H3,(H,25,27,30). The normalized spacial score (nSPS) is 10.6. The number of carbonyl (C=O) groups excluding carboxylic acids is 1. The van der Waals surface area contributed by atoms with Crippen molar-refractivity contribution < 1.29 is 19.0 Å². The number of ether oxygens (including phenoxy) is 3. The molecule has 170 valence electrons. The van der Waals surface area contributed by atoms with E-state index < -0.39 is 5.91 Å². The van der Waals surface area contributed by atoms with Crippen molar-refractivity contribution in [3.63, 3.8) is 0 Å². The predicted molar refractivity (Wildman–Crippen MR) is 121 cm³/mol. The zero-order valence-corrected chi connectivity index (χ0v) is 18.6. The van der Waals surface area contributed by atoms with Crippen molar-refractivity contribution in [2.75, 3.05) is 19.5 Å². The molecule has 10 nitrogen and oxygen atoms in total. The molecule has 10 heteroatoms. The molecule has 2 aromatic carbocycles. The molecule has 0 aliphatic carbocycles. The molecule has 0 unspecified atom stereocenters. The summed E-state index contributed by atoms with van der Waals surface area (Å²) in [4.78, 5) is 16.7. The topological polar surface area (TPSA) is 105 Å². The summed E-state index contributed by atoms with van der Waals surface area (Å²) in [6.45, 7) is 2.67. The lowest BCUT2D eigenvalue weighted by atomic mass is 10.1. The highest BCUT2D eigenvalue weighted by atomic mass is 16.5. The fraction of sp³-hybridized carbons (Fsp3) is 0.217. The maximum Gasteiger partial charge on any atom is 0.278 e. The van der Waals surface area contributed by atoms with Gasteiger partial charge in [-0.25, -0.2) is 14.3 Å². The highest BCUT2D eigenvalue weighted by Gasteiger charge is 2.15. The minimum Gasteiger partial charge on any atom is -0.493 e. The van der Waals surface area contributed by atoms with Gasteiger partial charge in [-0.1, -0.05) is 30.3 Å². The lowest BCUT2D eigenvalue weighted by Gasteiger charge is -2.13. The number of benzene rings is 2. The third-order valence-electron chi connectivity index (χ3n) is 4.95. The average molecular weight is 448 g/mol. The van der Waals surface area contributed by atoms with E-state index in [4.69, 9.17) is 14.2 Å². The van der Waals surface area contributed by atoms with Crippen molar-refractivity contribution in [1.29, 1.82) is 0 Å². The van der Waals surface area contributed by atoms with E-state index >= 15 is 0 Å². The summed E-state index contributed by atoms with van der Waals surface area (Å²) in [5.41, 5.74) is 2.50. The zero-order chi connectivity index (χ0) is 23.2. The summed E-state index contributed by atoms with van der Waals surface area (Å²) in [6, 6.07) is 15.0. The van der Waals surface area contributed by atoms with Gasteiger partial charge in [-0.2, -0.15) is 5.10 Å². The molecule has 0 aliphatic rings. The van der Waals surface area contributed by atoms with Crippen molar-refractivity contribution in [2.45, 2.75) is 20.2 Å². The first-order chi connectivity index (χ1) is 16.1. The average Bonchev–Trinajstić information content (AvgIpc) is 3.48. The number of hydrogen-bond acceptors (Lipinski definition) is 7. The third kappa shape index (κ3) is 5.12. The Bertz CT molecular complexity index is 1230. The Hall–Kier alpha value is -4.34. The van der Waals surface area contributed by atoms with Gasteiger partial charge in [-0.05, 0) is 36.2 Å². The maximum absolute atomic E-state index is 12.6. The van der Waals surface area contributed by atoms with Crippen LogP contribution in [0.2, 0.25) is 0 Å². The smallest absolute Gasteiger partial charge is 0.278 e. The molecule has 0 saturated heterocycles. The van der Waals surface area contributed by atoms with Crippen LogP contribution in [0, 0.1) is 6.92 Å². The predicted octanol–water partition coefficient (Wildman–Crippen LogP) is 3.14. The van der Waals surface area contributed by atoms with E-state index in [-0.39, 0.29) is 18.4 Å². The van der Waals surface area contributed by atoms with Gasteiger partial charge in [-0.3, -0.25) is 10.1 Å². The van der Waals surface area contributed by atoms with E-state index in [0.717, 1.165) is 11.1 Å². The van der Waals surface area contributed by atoms with E-state index in [1.54, 1.807) is 55.7 Å². The highest BCUT2D eigenvalue weighted by Crippen LogP contribution is 2.36. The molecule has 0 saturated carbocycles. The fourth-order valence-electron chi connectivity index (χ4n) is 3.20. The second-order valence-corrected chi connectivity index (χ2v) is 7.15. The van der Waals surface area contributed by atoms with Crippen LogP contribution in [0.25, 0.3) is 0 Å². The van der Waals surface area contributed by atoms with Crippen LogP contribution in [0.3, 0.4) is 0 Å². The van der Waals surface area contributed by atoms with Crippen LogP contribution in [-0.4, -0.2) is 44.7 Å². The van der Waals surface area contributed by atoms with Gasteiger partial charge >= 0.3 is 0 Å². The molecule has 0 bridgehead atoms. The SMILES string of the molecule is COc1cccc(OC)c1OCn1ccc(C(=O)Nc2ncn(Cc3ccccc3C)n2)n1. The number of rotatable bonds is 9. The molecule has 2 heterocycles. The fourth-order valence-corrected chi connectivity index (χ4v) is 3.20. The molecule has 4 aromatic rings. The molecule has 4 rings (SSSR count). The summed E-state index contributed by atoms with van der Waals surface area (Å²) >= 11 is 0. The Labute approximate surface area is 190 Å². The van der Waals surface area contributed by atoms with Crippen LogP contribution in [0.4, 0.5) is 5.95 Å². The Balaban J connectivity index is 1.37. The number of anilines is 1. The van der Waals surface area contributed by atoms with Gasteiger partial charge in [0, 0.05) is 6.20 Å². The number of carbonyl (C=O) groups is 1.